The van der Waals surface area contributed by atoms with Crippen molar-refractivity contribution in [2.75, 3.05) is 0 Å². The second-order valence-corrected chi connectivity index (χ2v) is 12.4. The van der Waals surface area contributed by atoms with Gasteiger partial charge in [0.2, 0.25) is 0 Å². The van der Waals surface area contributed by atoms with Crippen LogP contribution in [0.5, 0.6) is 0 Å². The molecule has 3 aromatic carbocycles. The Hall–Kier alpha value is -3.42. The van der Waals surface area contributed by atoms with Gasteiger partial charge in [0.1, 0.15) is 21.2 Å². The first kappa shape index (κ1) is 24.9. The van der Waals surface area contributed by atoms with Crippen LogP contribution in [0.1, 0.15) is 46.1 Å². The maximum atomic E-state index is 12.3. The Morgan fingerprint density at radius 1 is 0.553 bits per heavy atom. The normalized spacial score (nSPS) is 21.0. The van der Waals surface area contributed by atoms with E-state index in [1.165, 1.54) is 0 Å². The summed E-state index contributed by atoms with van der Waals surface area (Å²) in [6.45, 7) is 7.66. The maximum absolute atomic E-state index is 12.3. The molecule has 1 aliphatic rings. The number of hydrogen-bond acceptors (Lipinski definition) is 6. The van der Waals surface area contributed by atoms with Crippen LogP contribution in [0.4, 0.5) is 0 Å². The van der Waals surface area contributed by atoms with Gasteiger partial charge in [0.25, 0.3) is 0 Å². The van der Waals surface area contributed by atoms with Gasteiger partial charge in [-0.1, -0.05) is 84.9 Å². The highest BCUT2D eigenvalue weighted by Gasteiger charge is 2.49. The number of nitrogens with zero attached hydrogens (tertiary/aromatic N) is 2. The molecule has 5 aromatic rings. The third kappa shape index (κ3) is 3.87. The van der Waals surface area contributed by atoms with Crippen LogP contribution in [0, 0.1) is 13.8 Å². The Morgan fingerprint density at radius 3 is 1.26 bits per heavy atom. The van der Waals surface area contributed by atoms with Crippen LogP contribution in [-0.4, -0.2) is 20.2 Å². The van der Waals surface area contributed by atoms with Gasteiger partial charge in [-0.15, -0.1) is 22.7 Å². The summed E-state index contributed by atoms with van der Waals surface area (Å²) in [6.07, 6.45) is 0. The van der Waals surface area contributed by atoms with E-state index in [0.717, 1.165) is 30.9 Å². The van der Waals surface area contributed by atoms with E-state index in [1.54, 1.807) is 36.5 Å². The number of aromatic nitrogens is 2. The lowest BCUT2D eigenvalue weighted by molar-refractivity contribution is 0.0821. The topological polar surface area (TPSA) is 66.2 Å². The smallest absolute Gasteiger partial charge is 0.124 e. The van der Waals surface area contributed by atoms with Crippen LogP contribution in [0.15, 0.2) is 84.9 Å². The van der Waals surface area contributed by atoms with Gasteiger partial charge >= 0.3 is 0 Å². The predicted octanol–water partition coefficient (Wildman–Crippen LogP) is 7.59. The van der Waals surface area contributed by atoms with Crippen molar-refractivity contribution in [1.82, 2.24) is 9.97 Å². The molecule has 0 spiro atoms. The van der Waals surface area contributed by atoms with Gasteiger partial charge in [0.15, 0.2) is 0 Å². The fourth-order valence-corrected chi connectivity index (χ4v) is 7.30. The van der Waals surface area contributed by atoms with E-state index < -0.39 is 11.2 Å². The zero-order valence-corrected chi connectivity index (χ0v) is 23.3. The van der Waals surface area contributed by atoms with E-state index in [4.69, 9.17) is 9.97 Å². The van der Waals surface area contributed by atoms with Gasteiger partial charge in [-0.2, -0.15) is 0 Å². The van der Waals surface area contributed by atoms with Crippen LogP contribution in [0.2, 0.25) is 0 Å². The molecule has 2 aromatic heterocycles. The fraction of sp³-hybridized carbons (Fsp3) is 0.188. The number of fused-ring (bicyclic) bond motifs is 1. The van der Waals surface area contributed by atoms with Gasteiger partial charge in [-0.3, -0.25) is 0 Å². The Balaban J connectivity index is 1.67. The zero-order chi connectivity index (χ0) is 26.7. The molecule has 2 atom stereocenters. The summed E-state index contributed by atoms with van der Waals surface area (Å²) >= 11 is 3.18. The molecule has 38 heavy (non-hydrogen) atoms. The Bertz CT molecular complexity index is 1550. The third-order valence-electron chi connectivity index (χ3n) is 7.31. The lowest BCUT2D eigenvalue weighted by Gasteiger charge is -2.42. The molecule has 1 aliphatic carbocycles. The van der Waals surface area contributed by atoms with Crippen LogP contribution >= 0.6 is 22.7 Å². The van der Waals surface area contributed by atoms with Crippen molar-refractivity contribution in [3.63, 3.8) is 0 Å². The van der Waals surface area contributed by atoms with Gasteiger partial charge in [0, 0.05) is 32.0 Å². The Kier molecular flexibility index (Phi) is 5.96. The van der Waals surface area contributed by atoms with Crippen molar-refractivity contribution in [3.05, 3.63) is 117 Å². The van der Waals surface area contributed by atoms with Crippen molar-refractivity contribution >= 4 is 33.8 Å². The number of rotatable bonds is 4. The molecule has 0 unspecified atom stereocenters. The van der Waals surface area contributed by atoms with E-state index in [2.05, 4.69) is 0 Å². The van der Waals surface area contributed by atoms with Crippen LogP contribution < -0.4 is 0 Å². The SMILES string of the molecule is Cc1sc(-c2ccccc2)nc1C1=C(c2nc(-c3ccccc3)sc2C)[C@@](C)(O)c2ccccc2[C@]1(C)O. The molecule has 190 valence electrons. The van der Waals surface area contributed by atoms with Gasteiger partial charge in [-0.25, -0.2) is 9.97 Å². The number of benzene rings is 3. The highest BCUT2D eigenvalue weighted by Crippen LogP contribution is 2.56. The molecule has 6 heteroatoms. The second-order valence-electron chi connectivity index (χ2n) is 10.0. The number of hydrogen-bond donors (Lipinski definition) is 2. The quantitative estimate of drug-likeness (QED) is 0.248. The predicted molar refractivity (Wildman–Crippen MR) is 157 cm³/mol. The summed E-state index contributed by atoms with van der Waals surface area (Å²) < 4.78 is 0. The molecular weight excluding hydrogens is 508 g/mol. The van der Waals surface area contributed by atoms with E-state index >= 15 is 0 Å². The second kappa shape index (κ2) is 9.10. The first-order valence-corrected chi connectivity index (χ1v) is 14.2. The maximum Gasteiger partial charge on any atom is 0.124 e. The Morgan fingerprint density at radius 2 is 0.895 bits per heavy atom. The summed E-state index contributed by atoms with van der Waals surface area (Å²) in [5, 5.41) is 26.3. The minimum atomic E-state index is -1.40. The molecule has 0 fully saturated rings. The summed E-state index contributed by atoms with van der Waals surface area (Å²) in [5.41, 5.74) is 3.18. The summed E-state index contributed by atoms with van der Waals surface area (Å²) in [4.78, 5) is 12.1. The summed E-state index contributed by atoms with van der Waals surface area (Å²) in [5.74, 6) is 0. The van der Waals surface area contributed by atoms with E-state index in [9.17, 15) is 10.2 Å². The first-order chi connectivity index (χ1) is 18.2. The number of thiazole rings is 2. The molecule has 4 nitrogen and oxygen atoms in total. The number of aryl methyl sites for hydroxylation is 2. The lowest BCUT2D eigenvalue weighted by atomic mass is 9.67. The van der Waals surface area contributed by atoms with Gasteiger partial charge < -0.3 is 10.2 Å². The highest BCUT2D eigenvalue weighted by molar-refractivity contribution is 7.15. The summed E-state index contributed by atoms with van der Waals surface area (Å²) in [6, 6.07) is 27.7. The molecule has 0 amide bonds. The van der Waals surface area contributed by atoms with Crippen molar-refractivity contribution in [3.8, 4) is 21.1 Å². The molecule has 2 N–H and O–H groups in total. The zero-order valence-electron chi connectivity index (χ0n) is 21.7. The van der Waals surface area contributed by atoms with E-state index in [-0.39, 0.29) is 0 Å². The Labute approximate surface area is 230 Å². The minimum Gasteiger partial charge on any atom is -0.381 e. The third-order valence-corrected chi connectivity index (χ3v) is 9.35. The standard InChI is InChI=1S/C32H28N2O2S2/c1-19-27(33-29(37-19)21-13-7-5-8-14-21)25-26(28-20(2)38-30(34-28)22-15-9-6-10-16-22)32(4,36)24-18-12-11-17-23(24)31(25,3)35/h5-18,35-36H,1-4H3/t31-,32-/m0/s1. The van der Waals surface area contributed by atoms with Gasteiger partial charge in [0.05, 0.1) is 11.4 Å². The average Bonchev–Trinajstić information content (AvgIpc) is 3.49. The molecule has 0 saturated carbocycles. The minimum absolute atomic E-state index is 0.602. The molecule has 0 aliphatic heterocycles. The van der Waals surface area contributed by atoms with E-state index in [1.807, 2.05) is 98.8 Å². The largest absolute Gasteiger partial charge is 0.381 e. The summed E-state index contributed by atoms with van der Waals surface area (Å²) in [7, 11) is 0. The van der Waals surface area contributed by atoms with Gasteiger partial charge in [-0.05, 0) is 38.8 Å². The molecule has 0 bridgehead atoms. The average molecular weight is 537 g/mol. The van der Waals surface area contributed by atoms with E-state index in [0.29, 0.717) is 33.7 Å². The van der Waals surface area contributed by atoms with Crippen molar-refractivity contribution < 1.29 is 10.2 Å². The van der Waals surface area contributed by atoms with Crippen LogP contribution in [0.3, 0.4) is 0 Å². The number of aliphatic hydroxyl groups is 2. The van der Waals surface area contributed by atoms with Crippen molar-refractivity contribution in [2.24, 2.45) is 0 Å². The molecule has 0 saturated heterocycles. The van der Waals surface area contributed by atoms with Crippen molar-refractivity contribution in [1.29, 1.82) is 0 Å². The fourth-order valence-electron chi connectivity index (χ4n) is 5.45. The first-order valence-electron chi connectivity index (χ1n) is 12.6. The van der Waals surface area contributed by atoms with Crippen molar-refractivity contribution in [2.45, 2.75) is 38.9 Å². The molecule has 0 radical (unpaired) electrons. The molecular formula is C32H28N2O2S2. The highest BCUT2D eigenvalue weighted by atomic mass is 32.1. The lowest BCUT2D eigenvalue weighted by Crippen LogP contribution is -2.39. The monoisotopic (exact) mass is 536 g/mol. The van der Waals surface area contributed by atoms with Crippen LogP contribution in [0.25, 0.3) is 32.3 Å². The molecule has 6 rings (SSSR count). The van der Waals surface area contributed by atoms with Crippen LogP contribution in [-0.2, 0) is 11.2 Å². The molecule has 2 heterocycles.